The van der Waals surface area contributed by atoms with E-state index >= 15 is 0 Å². The van der Waals surface area contributed by atoms with Crippen molar-refractivity contribution in [1.29, 1.82) is 0 Å². The molecule has 0 unspecified atom stereocenters. The molecule has 0 radical (unpaired) electrons. The van der Waals surface area contributed by atoms with Crippen LogP contribution in [0.3, 0.4) is 0 Å². The molecule has 1 aliphatic rings. The average Bonchev–Trinajstić information content (AvgIpc) is 3.20. The largest absolute Gasteiger partial charge is 0.384 e. The van der Waals surface area contributed by atoms with E-state index in [1.54, 1.807) is 0 Å². The van der Waals surface area contributed by atoms with Crippen molar-refractivity contribution >= 4 is 11.6 Å². The highest BCUT2D eigenvalue weighted by Crippen LogP contribution is 2.39. The molecule has 0 spiro atoms. The Labute approximate surface area is 122 Å². The first kappa shape index (κ1) is 14.9. The van der Waals surface area contributed by atoms with Crippen molar-refractivity contribution in [2.45, 2.75) is 52.5 Å². The average molecular weight is 274 g/mol. The predicted octanol–water partition coefficient (Wildman–Crippen LogP) is 3.74. The van der Waals surface area contributed by atoms with Gasteiger partial charge >= 0.3 is 0 Å². The topological polar surface area (TPSA) is 41.1 Å². The van der Waals surface area contributed by atoms with Crippen LogP contribution in [0.15, 0.2) is 18.2 Å². The van der Waals surface area contributed by atoms with Gasteiger partial charge in [-0.2, -0.15) is 0 Å². The van der Waals surface area contributed by atoms with Crippen molar-refractivity contribution in [2.24, 2.45) is 5.92 Å². The summed E-state index contributed by atoms with van der Waals surface area (Å²) in [5.74, 6) is 0.657. The van der Waals surface area contributed by atoms with E-state index in [1.165, 1.54) is 18.4 Å². The third kappa shape index (κ3) is 3.53. The fraction of sp³-hybridized carbons (Fsp3) is 0.588. The summed E-state index contributed by atoms with van der Waals surface area (Å²) in [5, 5.41) is 6.55. The second-order valence-electron chi connectivity index (χ2n) is 6.43. The van der Waals surface area contributed by atoms with E-state index in [0.29, 0.717) is 5.92 Å². The normalized spacial score (nSPS) is 15.0. The molecule has 1 aromatic carbocycles. The minimum atomic E-state index is -0.107. The molecule has 1 amide bonds. The van der Waals surface area contributed by atoms with Gasteiger partial charge in [0.1, 0.15) is 0 Å². The molecule has 0 heterocycles. The first-order valence-electron chi connectivity index (χ1n) is 7.61. The fourth-order valence-electron chi connectivity index (χ4n) is 2.53. The van der Waals surface area contributed by atoms with Crippen molar-refractivity contribution in [3.8, 4) is 0 Å². The lowest BCUT2D eigenvalue weighted by atomic mass is 9.97. The molecule has 1 aromatic rings. The van der Waals surface area contributed by atoms with Crippen LogP contribution in [0.4, 0.5) is 5.69 Å². The highest BCUT2D eigenvalue weighted by atomic mass is 16.1. The fourth-order valence-corrected chi connectivity index (χ4v) is 2.53. The lowest BCUT2D eigenvalue weighted by Gasteiger charge is -2.27. The number of aryl methyl sites for hydroxylation is 1. The van der Waals surface area contributed by atoms with Crippen molar-refractivity contribution in [2.75, 3.05) is 11.9 Å². The van der Waals surface area contributed by atoms with Gasteiger partial charge in [-0.25, -0.2) is 0 Å². The van der Waals surface area contributed by atoms with Gasteiger partial charge in [0.05, 0.1) is 5.56 Å². The molecule has 2 N–H and O–H groups in total. The lowest BCUT2D eigenvalue weighted by Crippen LogP contribution is -2.45. The van der Waals surface area contributed by atoms with Gasteiger partial charge in [0.2, 0.25) is 0 Å². The smallest absolute Gasteiger partial charge is 0.253 e. The van der Waals surface area contributed by atoms with Crippen molar-refractivity contribution in [1.82, 2.24) is 5.32 Å². The van der Waals surface area contributed by atoms with Crippen LogP contribution < -0.4 is 10.6 Å². The molecule has 1 saturated carbocycles. The monoisotopic (exact) mass is 274 g/mol. The summed E-state index contributed by atoms with van der Waals surface area (Å²) in [4.78, 5) is 12.5. The number of hydrogen-bond acceptors (Lipinski definition) is 2. The van der Waals surface area contributed by atoms with E-state index in [1.807, 2.05) is 19.1 Å². The minimum Gasteiger partial charge on any atom is -0.384 e. The van der Waals surface area contributed by atoms with Crippen LogP contribution >= 0.6 is 0 Å². The summed E-state index contributed by atoms with van der Waals surface area (Å²) >= 11 is 0. The molecule has 0 aromatic heterocycles. The van der Waals surface area contributed by atoms with Gasteiger partial charge in [-0.1, -0.05) is 13.0 Å². The van der Waals surface area contributed by atoms with Crippen LogP contribution in [0.1, 0.15) is 56.0 Å². The minimum absolute atomic E-state index is 0.0282. The Kier molecular flexibility index (Phi) is 4.36. The maximum atomic E-state index is 12.5. The summed E-state index contributed by atoms with van der Waals surface area (Å²) in [6.07, 6.45) is 3.49. The van der Waals surface area contributed by atoms with E-state index in [0.717, 1.165) is 24.2 Å². The summed E-state index contributed by atoms with van der Waals surface area (Å²) in [6.45, 7) is 9.30. The van der Waals surface area contributed by atoms with Crippen LogP contribution in [0.25, 0.3) is 0 Å². The van der Waals surface area contributed by atoms with Crippen LogP contribution in [0.5, 0.6) is 0 Å². The maximum absolute atomic E-state index is 12.5. The molecule has 1 fully saturated rings. The predicted molar refractivity (Wildman–Crippen MR) is 84.2 cm³/mol. The molecule has 3 nitrogen and oxygen atoms in total. The van der Waals surface area contributed by atoms with Gasteiger partial charge < -0.3 is 10.6 Å². The SMILES string of the molecule is CCCNc1cc(C)ccc1C(=O)NC(C)(C)C1CC1. The zero-order valence-electron chi connectivity index (χ0n) is 13.0. The molecule has 0 bridgehead atoms. The van der Waals surface area contributed by atoms with Crippen LogP contribution in [-0.2, 0) is 0 Å². The molecular formula is C17H26N2O. The van der Waals surface area contributed by atoms with Crippen molar-refractivity contribution < 1.29 is 4.79 Å². The molecule has 3 heteroatoms. The number of carbonyl (C=O) groups excluding carboxylic acids is 1. The molecule has 0 atom stereocenters. The number of hydrogen-bond donors (Lipinski definition) is 2. The molecule has 0 saturated heterocycles. The summed E-state index contributed by atoms with van der Waals surface area (Å²) in [5.41, 5.74) is 2.75. The zero-order chi connectivity index (χ0) is 14.8. The Bertz CT molecular complexity index is 490. The quantitative estimate of drug-likeness (QED) is 0.829. The number of amides is 1. The van der Waals surface area contributed by atoms with E-state index in [2.05, 4.69) is 37.5 Å². The Hall–Kier alpha value is -1.51. The highest BCUT2D eigenvalue weighted by molar-refractivity contribution is 6.00. The number of rotatable bonds is 6. The highest BCUT2D eigenvalue weighted by Gasteiger charge is 2.39. The third-order valence-corrected chi connectivity index (χ3v) is 4.02. The second-order valence-corrected chi connectivity index (χ2v) is 6.43. The maximum Gasteiger partial charge on any atom is 0.253 e. The van der Waals surface area contributed by atoms with Gasteiger partial charge in [-0.15, -0.1) is 0 Å². The van der Waals surface area contributed by atoms with E-state index < -0.39 is 0 Å². The van der Waals surface area contributed by atoms with Gasteiger partial charge in [0.15, 0.2) is 0 Å². The summed E-state index contributed by atoms with van der Waals surface area (Å²) in [7, 11) is 0. The number of benzene rings is 1. The molecule has 110 valence electrons. The molecule has 1 aliphatic carbocycles. The van der Waals surface area contributed by atoms with Crippen molar-refractivity contribution in [3.05, 3.63) is 29.3 Å². The van der Waals surface area contributed by atoms with Crippen molar-refractivity contribution in [3.63, 3.8) is 0 Å². The number of nitrogens with one attached hydrogen (secondary N) is 2. The Balaban J connectivity index is 2.15. The second kappa shape index (κ2) is 5.86. The first-order chi connectivity index (χ1) is 9.44. The van der Waals surface area contributed by atoms with E-state index in [9.17, 15) is 4.79 Å². The molecule has 20 heavy (non-hydrogen) atoms. The number of anilines is 1. The molecule has 0 aliphatic heterocycles. The van der Waals surface area contributed by atoms with E-state index in [-0.39, 0.29) is 11.4 Å². The van der Waals surface area contributed by atoms with Crippen LogP contribution in [0, 0.1) is 12.8 Å². The first-order valence-corrected chi connectivity index (χ1v) is 7.61. The van der Waals surface area contributed by atoms with Crippen LogP contribution in [0.2, 0.25) is 0 Å². The Morgan fingerprint density at radius 1 is 1.35 bits per heavy atom. The van der Waals surface area contributed by atoms with Gasteiger partial charge in [-0.05, 0) is 63.6 Å². The molecule has 2 rings (SSSR count). The standard InChI is InChI=1S/C17H26N2O/c1-5-10-18-15-11-12(2)6-9-14(15)16(20)19-17(3,4)13-7-8-13/h6,9,11,13,18H,5,7-8,10H2,1-4H3,(H,19,20). The lowest BCUT2D eigenvalue weighted by molar-refractivity contribution is 0.0904. The van der Waals surface area contributed by atoms with Gasteiger partial charge in [-0.3, -0.25) is 4.79 Å². The van der Waals surface area contributed by atoms with Gasteiger partial charge in [0, 0.05) is 17.8 Å². The Morgan fingerprint density at radius 3 is 2.65 bits per heavy atom. The van der Waals surface area contributed by atoms with Gasteiger partial charge in [0.25, 0.3) is 5.91 Å². The summed E-state index contributed by atoms with van der Waals surface area (Å²) in [6, 6.07) is 5.97. The Morgan fingerprint density at radius 2 is 2.05 bits per heavy atom. The summed E-state index contributed by atoms with van der Waals surface area (Å²) < 4.78 is 0. The molecular weight excluding hydrogens is 248 g/mol. The number of carbonyl (C=O) groups is 1. The van der Waals surface area contributed by atoms with E-state index in [4.69, 9.17) is 0 Å². The zero-order valence-corrected chi connectivity index (χ0v) is 13.0. The third-order valence-electron chi connectivity index (χ3n) is 4.02. The van der Waals surface area contributed by atoms with Crippen LogP contribution in [-0.4, -0.2) is 18.0 Å².